The van der Waals surface area contributed by atoms with E-state index in [0.29, 0.717) is 28.2 Å². The fourth-order valence-electron chi connectivity index (χ4n) is 3.60. The number of carbonyl (C=O) groups is 2. The summed E-state index contributed by atoms with van der Waals surface area (Å²) in [7, 11) is 0. The third-order valence-corrected chi connectivity index (χ3v) is 5.65. The Morgan fingerprint density at radius 2 is 1.27 bits per heavy atom. The van der Waals surface area contributed by atoms with Gasteiger partial charge in [0.05, 0.1) is 11.4 Å². The monoisotopic (exact) mass is 540 g/mol. The molecule has 3 aromatic carbocycles. The molecule has 0 aliphatic heterocycles. The highest BCUT2D eigenvalue weighted by Gasteiger charge is 2.22. The number of rotatable bonds is 10. The molecule has 0 spiro atoms. The minimum Gasteiger partial charge on any atom is -0.369 e. The van der Waals surface area contributed by atoms with Crippen LogP contribution in [0.15, 0.2) is 99.3 Å². The molecular formula is C28H32N10O2. The Kier molecular flexibility index (Phi) is 10.1. The normalized spacial score (nSPS) is 12.2. The van der Waals surface area contributed by atoms with Gasteiger partial charge in [-0.25, -0.2) is 0 Å². The molecule has 0 saturated heterocycles. The van der Waals surface area contributed by atoms with Gasteiger partial charge >= 0.3 is 0 Å². The third-order valence-electron chi connectivity index (χ3n) is 5.65. The molecule has 40 heavy (non-hydrogen) atoms. The van der Waals surface area contributed by atoms with Gasteiger partial charge in [-0.1, -0.05) is 54.6 Å². The van der Waals surface area contributed by atoms with Crippen LogP contribution in [0.3, 0.4) is 0 Å². The Labute approximate surface area is 231 Å². The van der Waals surface area contributed by atoms with Gasteiger partial charge in [-0.15, -0.1) is 10.2 Å². The van der Waals surface area contributed by atoms with Crippen molar-refractivity contribution >= 4 is 40.8 Å². The molecule has 0 radical (unpaired) electrons. The number of nitrogens with two attached hydrogens (primary N) is 4. The fraction of sp³-hybridized carbons (Fsp3) is 0.143. The van der Waals surface area contributed by atoms with Crippen LogP contribution < -0.4 is 33.6 Å². The van der Waals surface area contributed by atoms with Crippen LogP contribution in [0.2, 0.25) is 0 Å². The van der Waals surface area contributed by atoms with Gasteiger partial charge in [-0.3, -0.25) is 9.59 Å². The van der Waals surface area contributed by atoms with Crippen molar-refractivity contribution in [1.82, 2.24) is 5.32 Å². The number of carbonyl (C=O) groups excluding carboxylic acids is 2. The molecule has 0 heterocycles. The molecule has 3 rings (SSSR count). The lowest BCUT2D eigenvalue weighted by atomic mass is 10.0. The Bertz CT molecular complexity index is 1450. The molecule has 206 valence electrons. The quantitative estimate of drug-likeness (QED) is 0.128. The van der Waals surface area contributed by atoms with Gasteiger partial charge in [0.25, 0.3) is 5.91 Å². The molecule has 12 nitrogen and oxygen atoms in total. The van der Waals surface area contributed by atoms with E-state index in [1.165, 1.54) is 0 Å². The predicted molar refractivity (Wildman–Crippen MR) is 159 cm³/mol. The molecule has 0 unspecified atom stereocenters. The lowest BCUT2D eigenvalue weighted by Crippen LogP contribution is -2.45. The summed E-state index contributed by atoms with van der Waals surface area (Å²) in [5.41, 5.74) is 25.7. The van der Waals surface area contributed by atoms with E-state index in [9.17, 15) is 9.59 Å². The van der Waals surface area contributed by atoms with Crippen LogP contribution in [-0.2, 0) is 11.2 Å². The van der Waals surface area contributed by atoms with Crippen LogP contribution in [-0.4, -0.2) is 41.2 Å². The first-order valence-corrected chi connectivity index (χ1v) is 12.2. The predicted octanol–water partition coefficient (Wildman–Crippen LogP) is 1.66. The molecule has 3 aromatic rings. The first-order chi connectivity index (χ1) is 19.1. The van der Waals surface area contributed by atoms with E-state index in [4.69, 9.17) is 22.9 Å². The number of nitrogens with one attached hydrogen (secondary N) is 2. The molecule has 0 aliphatic rings. The lowest BCUT2D eigenvalue weighted by Gasteiger charge is -2.19. The molecule has 0 bridgehead atoms. The fourth-order valence-corrected chi connectivity index (χ4v) is 3.60. The second-order valence-corrected chi connectivity index (χ2v) is 8.78. The largest absolute Gasteiger partial charge is 0.369 e. The first kappa shape index (κ1) is 29.0. The Morgan fingerprint density at radius 3 is 1.88 bits per heavy atom. The van der Waals surface area contributed by atoms with E-state index in [2.05, 4.69) is 31.0 Å². The molecular weight excluding hydrogens is 508 g/mol. The summed E-state index contributed by atoms with van der Waals surface area (Å²) >= 11 is 0. The second kappa shape index (κ2) is 13.9. The van der Waals surface area contributed by atoms with E-state index in [1.54, 1.807) is 56.3 Å². The van der Waals surface area contributed by atoms with Crippen molar-refractivity contribution in [2.45, 2.75) is 26.3 Å². The van der Waals surface area contributed by atoms with E-state index in [-0.39, 0.29) is 24.2 Å². The topological polar surface area (TPSA) is 212 Å². The summed E-state index contributed by atoms with van der Waals surface area (Å²) < 4.78 is 0. The van der Waals surface area contributed by atoms with E-state index < -0.39 is 11.9 Å². The summed E-state index contributed by atoms with van der Waals surface area (Å²) in [5.74, 6) is -1.11. The van der Waals surface area contributed by atoms with Crippen molar-refractivity contribution in [2.75, 3.05) is 5.32 Å². The summed E-state index contributed by atoms with van der Waals surface area (Å²) in [6.07, 6.45) is 0.283. The Morgan fingerprint density at radius 1 is 0.700 bits per heavy atom. The van der Waals surface area contributed by atoms with Crippen LogP contribution >= 0.6 is 0 Å². The standard InChI is InChI=1S/C28H32N10O2/c1-17(35-37-27(29)30)20-11-13-21(14-12-20)25(39)34-24(15-19-7-4-3-5-8-19)26(40)33-23-10-6-9-22(16-23)18(2)36-38-28(31)32/h3-14,16,24H,15H2,1-2H3,(H,33,40)(H,34,39)(H4,29,30,37)(H4,31,32,38)/b35-17+,36-18+/t24-/m0/s1. The zero-order valence-corrected chi connectivity index (χ0v) is 22.2. The van der Waals surface area contributed by atoms with Crippen LogP contribution in [0.5, 0.6) is 0 Å². The van der Waals surface area contributed by atoms with Crippen LogP contribution in [0, 0.1) is 0 Å². The number of hydrogen-bond acceptors (Lipinski definition) is 6. The van der Waals surface area contributed by atoms with Crippen molar-refractivity contribution in [1.29, 1.82) is 0 Å². The number of nitrogens with zero attached hydrogens (tertiary/aromatic N) is 4. The van der Waals surface area contributed by atoms with Crippen LogP contribution in [0.1, 0.15) is 40.9 Å². The highest BCUT2D eigenvalue weighted by atomic mass is 16.2. The molecule has 1 atom stereocenters. The zero-order chi connectivity index (χ0) is 29.1. The highest BCUT2D eigenvalue weighted by Crippen LogP contribution is 2.14. The SMILES string of the molecule is C/C(=N\N=C(N)N)c1ccc(C(=O)N[C@@H](Cc2ccccc2)C(=O)Nc2cccc(/C(C)=N/N=C(N)N)c2)cc1. The zero-order valence-electron chi connectivity index (χ0n) is 22.2. The number of benzene rings is 3. The lowest BCUT2D eigenvalue weighted by molar-refractivity contribution is -0.118. The van der Waals surface area contributed by atoms with Gasteiger partial charge in [0.2, 0.25) is 17.8 Å². The minimum absolute atomic E-state index is 0.154. The Hall–Kier alpha value is -5.52. The van der Waals surface area contributed by atoms with Gasteiger partial charge in [-0.2, -0.15) is 10.2 Å². The van der Waals surface area contributed by atoms with E-state index in [0.717, 1.165) is 11.1 Å². The van der Waals surface area contributed by atoms with Crippen molar-refractivity contribution in [3.05, 3.63) is 101 Å². The number of hydrogen-bond donors (Lipinski definition) is 6. The van der Waals surface area contributed by atoms with Gasteiger partial charge in [0.15, 0.2) is 0 Å². The summed E-state index contributed by atoms with van der Waals surface area (Å²) in [6.45, 7) is 3.48. The maximum Gasteiger partial charge on any atom is 0.251 e. The van der Waals surface area contributed by atoms with Crippen LogP contribution in [0.4, 0.5) is 5.69 Å². The van der Waals surface area contributed by atoms with Crippen LogP contribution in [0.25, 0.3) is 0 Å². The molecule has 0 fully saturated rings. The molecule has 10 N–H and O–H groups in total. The maximum atomic E-state index is 13.4. The Balaban J connectivity index is 1.80. The van der Waals surface area contributed by atoms with Crippen molar-refractivity contribution in [3.8, 4) is 0 Å². The summed E-state index contributed by atoms with van der Waals surface area (Å²) in [4.78, 5) is 26.5. The molecule has 0 aromatic heterocycles. The highest BCUT2D eigenvalue weighted by molar-refractivity contribution is 6.04. The summed E-state index contributed by atoms with van der Waals surface area (Å²) in [6, 6.07) is 22.3. The van der Waals surface area contributed by atoms with Crippen molar-refractivity contribution < 1.29 is 9.59 Å². The maximum absolute atomic E-state index is 13.4. The van der Waals surface area contributed by atoms with E-state index in [1.807, 2.05) is 36.4 Å². The molecule has 0 saturated carbocycles. The van der Waals surface area contributed by atoms with Gasteiger partial charge in [-0.05, 0) is 54.8 Å². The molecule has 2 amide bonds. The van der Waals surface area contributed by atoms with Gasteiger partial charge in [0.1, 0.15) is 6.04 Å². The smallest absolute Gasteiger partial charge is 0.251 e. The molecule has 0 aliphatic carbocycles. The number of amides is 2. The van der Waals surface area contributed by atoms with Gasteiger partial charge < -0.3 is 33.6 Å². The second-order valence-electron chi connectivity index (χ2n) is 8.78. The number of anilines is 1. The van der Waals surface area contributed by atoms with Gasteiger partial charge in [0, 0.05) is 17.7 Å². The minimum atomic E-state index is -0.861. The number of guanidine groups is 2. The van der Waals surface area contributed by atoms with E-state index >= 15 is 0 Å². The molecule has 12 heteroatoms. The van der Waals surface area contributed by atoms with Crippen molar-refractivity contribution in [2.24, 2.45) is 43.3 Å². The average Bonchev–Trinajstić information content (AvgIpc) is 2.94. The summed E-state index contributed by atoms with van der Waals surface area (Å²) in [5, 5.41) is 20.9. The first-order valence-electron chi connectivity index (χ1n) is 12.2. The van der Waals surface area contributed by atoms with Crippen molar-refractivity contribution in [3.63, 3.8) is 0 Å². The average molecular weight is 541 g/mol. The third kappa shape index (κ3) is 8.80.